The molecule has 2 fully saturated rings. The van der Waals surface area contributed by atoms with Crippen LogP contribution >= 0.6 is 0 Å². The summed E-state index contributed by atoms with van der Waals surface area (Å²) < 4.78 is 5.33. The van der Waals surface area contributed by atoms with Crippen molar-refractivity contribution in [2.45, 2.75) is 51.4 Å². The van der Waals surface area contributed by atoms with Crippen LogP contribution in [0.15, 0.2) is 0 Å². The third kappa shape index (κ3) is 3.93. The molecule has 0 radical (unpaired) electrons. The van der Waals surface area contributed by atoms with Gasteiger partial charge in [0.1, 0.15) is 0 Å². The monoisotopic (exact) mass is 268 g/mol. The number of carbonyl (C=O) groups is 1. The summed E-state index contributed by atoms with van der Waals surface area (Å²) in [5.41, 5.74) is 5.46. The van der Waals surface area contributed by atoms with E-state index >= 15 is 0 Å². The highest BCUT2D eigenvalue weighted by atomic mass is 16.5. The first-order chi connectivity index (χ1) is 9.27. The topological polar surface area (TPSA) is 64.4 Å². The summed E-state index contributed by atoms with van der Waals surface area (Å²) in [6.07, 6.45) is 9.46. The SMILES string of the molecule is NCC1(C(=O)NCCCC2CCCC2)CCOCC1. The van der Waals surface area contributed by atoms with Crippen molar-refractivity contribution < 1.29 is 9.53 Å². The highest BCUT2D eigenvalue weighted by Gasteiger charge is 2.38. The molecule has 0 atom stereocenters. The van der Waals surface area contributed by atoms with Crippen LogP contribution in [-0.2, 0) is 9.53 Å². The van der Waals surface area contributed by atoms with Crippen molar-refractivity contribution in [2.24, 2.45) is 17.1 Å². The Hall–Kier alpha value is -0.610. The minimum absolute atomic E-state index is 0.143. The molecule has 2 aliphatic rings. The van der Waals surface area contributed by atoms with Crippen LogP contribution in [0, 0.1) is 11.3 Å². The van der Waals surface area contributed by atoms with Crippen LogP contribution in [0.3, 0.4) is 0 Å². The average molecular weight is 268 g/mol. The van der Waals surface area contributed by atoms with Crippen LogP contribution in [-0.4, -0.2) is 32.2 Å². The lowest BCUT2D eigenvalue weighted by Gasteiger charge is -2.34. The molecule has 1 saturated carbocycles. The fourth-order valence-electron chi connectivity index (χ4n) is 3.37. The van der Waals surface area contributed by atoms with Gasteiger partial charge in [-0.3, -0.25) is 4.79 Å². The van der Waals surface area contributed by atoms with Gasteiger partial charge in [0.25, 0.3) is 0 Å². The van der Waals surface area contributed by atoms with Gasteiger partial charge >= 0.3 is 0 Å². The highest BCUT2D eigenvalue weighted by Crippen LogP contribution is 2.30. The number of nitrogens with two attached hydrogens (primary N) is 1. The van der Waals surface area contributed by atoms with E-state index in [0.29, 0.717) is 19.8 Å². The smallest absolute Gasteiger partial charge is 0.227 e. The summed E-state index contributed by atoms with van der Waals surface area (Å²) in [5, 5.41) is 3.09. The van der Waals surface area contributed by atoms with E-state index in [4.69, 9.17) is 10.5 Å². The van der Waals surface area contributed by atoms with E-state index in [9.17, 15) is 4.79 Å². The van der Waals surface area contributed by atoms with Gasteiger partial charge in [-0.15, -0.1) is 0 Å². The summed E-state index contributed by atoms with van der Waals surface area (Å²) in [7, 11) is 0. The van der Waals surface area contributed by atoms with Crippen molar-refractivity contribution in [3.05, 3.63) is 0 Å². The Morgan fingerprint density at radius 1 is 1.26 bits per heavy atom. The Labute approximate surface area is 116 Å². The molecular formula is C15H28N2O2. The van der Waals surface area contributed by atoms with Gasteiger partial charge in [0.15, 0.2) is 0 Å². The third-order valence-corrected chi connectivity index (χ3v) is 4.87. The molecule has 0 aromatic rings. The molecule has 4 nitrogen and oxygen atoms in total. The second-order valence-electron chi connectivity index (χ2n) is 6.15. The van der Waals surface area contributed by atoms with Gasteiger partial charge in [0, 0.05) is 26.3 Å². The summed E-state index contributed by atoms with van der Waals surface area (Å²) in [5.74, 6) is 1.05. The summed E-state index contributed by atoms with van der Waals surface area (Å²) in [6.45, 7) is 2.56. The Kier molecular flexibility index (Phi) is 5.64. The fraction of sp³-hybridized carbons (Fsp3) is 0.933. The molecule has 1 heterocycles. The molecule has 3 N–H and O–H groups in total. The normalized spacial score (nSPS) is 23.4. The molecule has 0 unspecified atom stereocenters. The Morgan fingerprint density at radius 3 is 2.58 bits per heavy atom. The Balaban J connectivity index is 1.67. The van der Waals surface area contributed by atoms with Gasteiger partial charge in [-0.1, -0.05) is 25.7 Å². The van der Waals surface area contributed by atoms with Gasteiger partial charge in [-0.25, -0.2) is 0 Å². The summed E-state index contributed by atoms with van der Waals surface area (Å²) in [4.78, 5) is 12.3. The Bertz CT molecular complexity index is 282. The van der Waals surface area contributed by atoms with Crippen molar-refractivity contribution in [1.29, 1.82) is 0 Å². The molecular weight excluding hydrogens is 240 g/mol. The van der Waals surface area contributed by atoms with Gasteiger partial charge < -0.3 is 15.8 Å². The zero-order valence-electron chi connectivity index (χ0n) is 12.0. The number of ether oxygens (including phenoxy) is 1. The van der Waals surface area contributed by atoms with Crippen LogP contribution in [0.25, 0.3) is 0 Å². The summed E-state index contributed by atoms with van der Waals surface area (Å²) in [6, 6.07) is 0. The Morgan fingerprint density at radius 2 is 1.95 bits per heavy atom. The number of rotatable bonds is 6. The van der Waals surface area contributed by atoms with Gasteiger partial charge in [-0.2, -0.15) is 0 Å². The zero-order chi connectivity index (χ0) is 13.6. The van der Waals surface area contributed by atoms with Crippen molar-refractivity contribution in [3.8, 4) is 0 Å². The van der Waals surface area contributed by atoms with Crippen LogP contribution in [0.2, 0.25) is 0 Å². The van der Waals surface area contributed by atoms with Crippen LogP contribution in [0.1, 0.15) is 51.4 Å². The lowest BCUT2D eigenvalue weighted by molar-refractivity contribution is -0.135. The minimum atomic E-state index is -0.369. The first kappa shape index (κ1) is 14.8. The molecule has 0 bridgehead atoms. The first-order valence-electron chi connectivity index (χ1n) is 7.83. The second kappa shape index (κ2) is 7.25. The van der Waals surface area contributed by atoms with Gasteiger partial charge in [-0.05, 0) is 31.6 Å². The fourth-order valence-corrected chi connectivity index (χ4v) is 3.37. The molecule has 2 rings (SSSR count). The standard InChI is InChI=1S/C15H28N2O2/c16-12-15(7-10-19-11-8-15)14(18)17-9-3-6-13-4-1-2-5-13/h13H,1-12,16H2,(H,17,18). The largest absolute Gasteiger partial charge is 0.381 e. The van der Waals surface area contributed by atoms with E-state index < -0.39 is 0 Å². The summed E-state index contributed by atoms with van der Waals surface area (Å²) >= 11 is 0. The lowest BCUT2D eigenvalue weighted by Crippen LogP contribution is -2.49. The van der Waals surface area contributed by atoms with E-state index in [1.54, 1.807) is 0 Å². The van der Waals surface area contributed by atoms with E-state index in [0.717, 1.165) is 31.7 Å². The number of amides is 1. The van der Waals surface area contributed by atoms with E-state index in [2.05, 4.69) is 5.32 Å². The quantitative estimate of drug-likeness (QED) is 0.722. The minimum Gasteiger partial charge on any atom is -0.381 e. The molecule has 4 heteroatoms. The maximum atomic E-state index is 12.3. The third-order valence-electron chi connectivity index (χ3n) is 4.87. The second-order valence-corrected chi connectivity index (χ2v) is 6.15. The van der Waals surface area contributed by atoms with Crippen molar-refractivity contribution in [2.75, 3.05) is 26.3 Å². The predicted octanol–water partition coefficient (Wildman–Crippen LogP) is 1.83. The molecule has 0 aromatic carbocycles. The maximum absolute atomic E-state index is 12.3. The predicted molar refractivity (Wildman–Crippen MR) is 75.7 cm³/mol. The van der Waals surface area contributed by atoms with Gasteiger partial charge in [0.2, 0.25) is 5.91 Å². The van der Waals surface area contributed by atoms with Crippen LogP contribution in [0.5, 0.6) is 0 Å². The first-order valence-corrected chi connectivity index (χ1v) is 7.83. The highest BCUT2D eigenvalue weighted by molar-refractivity contribution is 5.83. The van der Waals surface area contributed by atoms with Crippen LogP contribution in [0.4, 0.5) is 0 Å². The number of nitrogens with one attached hydrogen (secondary N) is 1. The number of carbonyl (C=O) groups excluding carboxylic acids is 1. The maximum Gasteiger partial charge on any atom is 0.227 e. The van der Waals surface area contributed by atoms with E-state index in [-0.39, 0.29) is 11.3 Å². The van der Waals surface area contributed by atoms with E-state index in [1.807, 2.05) is 0 Å². The van der Waals surface area contributed by atoms with Crippen molar-refractivity contribution >= 4 is 5.91 Å². The van der Waals surface area contributed by atoms with Crippen LogP contribution < -0.4 is 11.1 Å². The zero-order valence-corrected chi connectivity index (χ0v) is 12.0. The molecule has 1 aliphatic heterocycles. The number of hydrogen-bond acceptors (Lipinski definition) is 3. The lowest BCUT2D eigenvalue weighted by atomic mass is 9.79. The molecule has 19 heavy (non-hydrogen) atoms. The molecule has 0 aromatic heterocycles. The van der Waals surface area contributed by atoms with Crippen molar-refractivity contribution in [1.82, 2.24) is 5.32 Å². The molecule has 1 aliphatic carbocycles. The molecule has 1 saturated heterocycles. The average Bonchev–Trinajstić information content (AvgIpc) is 2.97. The number of hydrogen-bond donors (Lipinski definition) is 2. The molecule has 1 amide bonds. The molecule has 0 spiro atoms. The van der Waals surface area contributed by atoms with E-state index in [1.165, 1.54) is 32.1 Å². The van der Waals surface area contributed by atoms with Gasteiger partial charge in [0.05, 0.1) is 5.41 Å². The molecule has 110 valence electrons. The van der Waals surface area contributed by atoms with Crippen molar-refractivity contribution in [3.63, 3.8) is 0 Å².